The summed E-state index contributed by atoms with van der Waals surface area (Å²) in [7, 11) is 1.61. The molecule has 5 heteroatoms. The number of rotatable bonds is 2. The van der Waals surface area contributed by atoms with Crippen molar-refractivity contribution in [2.24, 2.45) is 0 Å². The molecule has 0 spiro atoms. The molecule has 0 saturated carbocycles. The maximum absolute atomic E-state index is 11.5. The molecule has 0 aliphatic carbocycles. The van der Waals surface area contributed by atoms with Crippen molar-refractivity contribution in [2.75, 3.05) is 12.0 Å². The van der Waals surface area contributed by atoms with Crippen LogP contribution in [0.4, 0.5) is 10.5 Å². The Balaban J connectivity index is 2.25. The minimum absolute atomic E-state index is 0.0501. The van der Waals surface area contributed by atoms with Gasteiger partial charge in [0.2, 0.25) is 0 Å². The summed E-state index contributed by atoms with van der Waals surface area (Å²) >= 11 is 0. The molecule has 0 radical (unpaired) electrons. The lowest BCUT2D eigenvalue weighted by atomic mass is 10.2. The van der Waals surface area contributed by atoms with E-state index in [1.807, 2.05) is 31.2 Å². The summed E-state index contributed by atoms with van der Waals surface area (Å²) in [4.78, 5) is 13.1. The van der Waals surface area contributed by atoms with Gasteiger partial charge in [0.25, 0.3) is 0 Å². The van der Waals surface area contributed by atoms with E-state index >= 15 is 0 Å². The number of urea groups is 1. The first kappa shape index (κ1) is 9.79. The van der Waals surface area contributed by atoms with Crippen LogP contribution in [0, 0.1) is 0 Å². The van der Waals surface area contributed by atoms with Crippen LogP contribution in [0.3, 0.4) is 0 Å². The predicted molar refractivity (Wildman–Crippen MR) is 56.6 cm³/mol. The Morgan fingerprint density at radius 2 is 2.00 bits per heavy atom. The van der Waals surface area contributed by atoms with Gasteiger partial charge in [-0.15, -0.1) is 0 Å². The minimum atomic E-state index is -0.146. The van der Waals surface area contributed by atoms with Gasteiger partial charge < -0.3 is 4.74 Å². The van der Waals surface area contributed by atoms with Crippen molar-refractivity contribution in [3.05, 3.63) is 24.3 Å². The standard InChI is InChI=1S/C10H13N3O2/c1-7-11-12-10(14)13(7)8-3-5-9(15-2)6-4-8/h3-7,11H,1-2H3,(H,12,14). The zero-order chi connectivity index (χ0) is 10.8. The first-order chi connectivity index (χ1) is 7.22. The SMILES string of the molecule is COc1ccc(N2C(=O)NNC2C)cc1. The lowest BCUT2D eigenvalue weighted by Gasteiger charge is -2.18. The van der Waals surface area contributed by atoms with Gasteiger partial charge in [0, 0.05) is 5.69 Å². The molecule has 2 amide bonds. The van der Waals surface area contributed by atoms with Crippen LogP contribution in [0.5, 0.6) is 5.75 Å². The van der Waals surface area contributed by atoms with Crippen molar-refractivity contribution < 1.29 is 9.53 Å². The minimum Gasteiger partial charge on any atom is -0.497 e. The topological polar surface area (TPSA) is 53.6 Å². The Labute approximate surface area is 88.0 Å². The third-order valence-electron chi connectivity index (χ3n) is 2.34. The number of hydrogen-bond acceptors (Lipinski definition) is 3. The van der Waals surface area contributed by atoms with Gasteiger partial charge in [-0.2, -0.15) is 0 Å². The Bertz CT molecular complexity index is 363. The summed E-state index contributed by atoms with van der Waals surface area (Å²) in [5.74, 6) is 0.777. The second-order valence-corrected chi connectivity index (χ2v) is 3.32. The smallest absolute Gasteiger partial charge is 0.337 e. The number of amides is 2. The first-order valence-corrected chi connectivity index (χ1v) is 4.71. The highest BCUT2D eigenvalue weighted by molar-refractivity contribution is 5.94. The Morgan fingerprint density at radius 1 is 1.33 bits per heavy atom. The number of ether oxygens (including phenoxy) is 1. The van der Waals surface area contributed by atoms with E-state index in [0.717, 1.165) is 11.4 Å². The predicted octanol–water partition coefficient (Wildman–Crippen LogP) is 1.08. The van der Waals surface area contributed by atoms with Gasteiger partial charge in [0.15, 0.2) is 0 Å². The van der Waals surface area contributed by atoms with E-state index < -0.39 is 0 Å². The average molecular weight is 207 g/mol. The number of nitrogens with one attached hydrogen (secondary N) is 2. The quantitative estimate of drug-likeness (QED) is 0.762. The molecule has 1 aliphatic heterocycles. The largest absolute Gasteiger partial charge is 0.497 e. The van der Waals surface area contributed by atoms with Crippen LogP contribution < -0.4 is 20.5 Å². The number of methoxy groups -OCH3 is 1. The molecule has 15 heavy (non-hydrogen) atoms. The molecule has 1 aliphatic rings. The summed E-state index contributed by atoms with van der Waals surface area (Å²) in [6.07, 6.45) is -0.0501. The molecule has 1 unspecified atom stereocenters. The lowest BCUT2D eigenvalue weighted by Crippen LogP contribution is -2.34. The number of carbonyl (C=O) groups is 1. The second kappa shape index (κ2) is 3.78. The van der Waals surface area contributed by atoms with E-state index in [-0.39, 0.29) is 12.2 Å². The third kappa shape index (κ3) is 1.73. The van der Waals surface area contributed by atoms with Crippen molar-refractivity contribution >= 4 is 11.7 Å². The normalized spacial score (nSPS) is 20.3. The summed E-state index contributed by atoms with van der Waals surface area (Å²) in [5.41, 5.74) is 6.23. The Kier molecular flexibility index (Phi) is 2.47. The maximum Gasteiger partial charge on any atom is 0.337 e. The van der Waals surface area contributed by atoms with Crippen LogP contribution in [0.15, 0.2) is 24.3 Å². The van der Waals surface area contributed by atoms with E-state index in [4.69, 9.17) is 4.74 Å². The second-order valence-electron chi connectivity index (χ2n) is 3.32. The lowest BCUT2D eigenvalue weighted by molar-refractivity contribution is 0.250. The van der Waals surface area contributed by atoms with Gasteiger partial charge in [-0.25, -0.2) is 10.2 Å². The van der Waals surface area contributed by atoms with Crippen LogP contribution in [0.25, 0.3) is 0 Å². The fourth-order valence-corrected chi connectivity index (χ4v) is 1.55. The molecule has 5 nitrogen and oxygen atoms in total. The van der Waals surface area contributed by atoms with Crippen molar-refractivity contribution in [1.82, 2.24) is 10.9 Å². The van der Waals surface area contributed by atoms with Crippen molar-refractivity contribution in [3.63, 3.8) is 0 Å². The number of hydrazine groups is 1. The highest BCUT2D eigenvalue weighted by Crippen LogP contribution is 2.21. The summed E-state index contributed by atoms with van der Waals surface area (Å²) < 4.78 is 5.05. The maximum atomic E-state index is 11.5. The molecule has 2 rings (SSSR count). The molecule has 80 valence electrons. The van der Waals surface area contributed by atoms with E-state index in [0.29, 0.717) is 0 Å². The molecular weight excluding hydrogens is 194 g/mol. The van der Waals surface area contributed by atoms with E-state index in [2.05, 4.69) is 10.9 Å². The molecule has 1 atom stereocenters. The van der Waals surface area contributed by atoms with Crippen LogP contribution in [-0.2, 0) is 0 Å². The molecular formula is C10H13N3O2. The number of hydrogen-bond donors (Lipinski definition) is 2. The van der Waals surface area contributed by atoms with Crippen molar-refractivity contribution in [1.29, 1.82) is 0 Å². The average Bonchev–Trinajstić information content (AvgIpc) is 2.59. The first-order valence-electron chi connectivity index (χ1n) is 4.71. The summed E-state index contributed by atoms with van der Waals surface area (Å²) in [5, 5.41) is 0. The number of benzene rings is 1. The van der Waals surface area contributed by atoms with Crippen LogP contribution in [0.1, 0.15) is 6.92 Å². The van der Waals surface area contributed by atoms with Gasteiger partial charge in [0.1, 0.15) is 11.9 Å². The zero-order valence-electron chi connectivity index (χ0n) is 8.65. The molecule has 2 N–H and O–H groups in total. The van der Waals surface area contributed by atoms with Gasteiger partial charge in [-0.3, -0.25) is 10.3 Å². The fourth-order valence-electron chi connectivity index (χ4n) is 1.55. The van der Waals surface area contributed by atoms with E-state index in [1.165, 1.54) is 0 Å². The highest BCUT2D eigenvalue weighted by Gasteiger charge is 2.27. The van der Waals surface area contributed by atoms with Crippen molar-refractivity contribution in [3.8, 4) is 5.75 Å². The highest BCUT2D eigenvalue weighted by atomic mass is 16.5. The zero-order valence-corrected chi connectivity index (χ0v) is 8.65. The van der Waals surface area contributed by atoms with Gasteiger partial charge in [-0.1, -0.05) is 0 Å². The van der Waals surface area contributed by atoms with Gasteiger partial charge in [-0.05, 0) is 31.2 Å². The molecule has 1 fully saturated rings. The van der Waals surface area contributed by atoms with Crippen LogP contribution in [0.2, 0.25) is 0 Å². The van der Waals surface area contributed by atoms with Crippen molar-refractivity contribution in [2.45, 2.75) is 13.1 Å². The molecule has 0 aromatic heterocycles. The monoisotopic (exact) mass is 207 g/mol. The Hall–Kier alpha value is -1.75. The third-order valence-corrected chi connectivity index (χ3v) is 2.34. The number of carbonyl (C=O) groups excluding carboxylic acids is 1. The number of nitrogens with zero attached hydrogens (tertiary/aromatic N) is 1. The van der Waals surface area contributed by atoms with Crippen LogP contribution >= 0.6 is 0 Å². The van der Waals surface area contributed by atoms with E-state index in [1.54, 1.807) is 12.0 Å². The van der Waals surface area contributed by atoms with Gasteiger partial charge in [0.05, 0.1) is 7.11 Å². The molecule has 1 saturated heterocycles. The Morgan fingerprint density at radius 3 is 2.47 bits per heavy atom. The summed E-state index contributed by atoms with van der Waals surface area (Å²) in [6.45, 7) is 1.90. The summed E-state index contributed by atoms with van der Waals surface area (Å²) in [6, 6.07) is 7.21. The number of anilines is 1. The fraction of sp³-hybridized carbons (Fsp3) is 0.300. The van der Waals surface area contributed by atoms with Gasteiger partial charge >= 0.3 is 6.03 Å². The molecule has 0 bridgehead atoms. The van der Waals surface area contributed by atoms with Crippen LogP contribution in [-0.4, -0.2) is 19.3 Å². The molecule has 1 aromatic rings. The molecule has 1 aromatic carbocycles. The van der Waals surface area contributed by atoms with E-state index in [9.17, 15) is 4.79 Å². The molecule has 1 heterocycles.